The largest absolute Gasteiger partial charge is 0.416 e. The number of hydrogen-bond donors (Lipinski definition) is 1. The molecular formula is C14H18F3NO. The summed E-state index contributed by atoms with van der Waals surface area (Å²) >= 11 is 0. The summed E-state index contributed by atoms with van der Waals surface area (Å²) in [5.41, 5.74) is 5.33. The monoisotopic (exact) mass is 273 g/mol. The van der Waals surface area contributed by atoms with Crippen molar-refractivity contribution in [1.82, 2.24) is 0 Å². The fourth-order valence-electron chi connectivity index (χ4n) is 2.61. The first-order valence-corrected chi connectivity index (χ1v) is 6.40. The molecule has 0 aliphatic carbocycles. The van der Waals surface area contributed by atoms with Gasteiger partial charge in [0.25, 0.3) is 0 Å². The van der Waals surface area contributed by atoms with Gasteiger partial charge in [-0.3, -0.25) is 0 Å². The summed E-state index contributed by atoms with van der Waals surface area (Å²) in [6.07, 6.45) is -2.51. The van der Waals surface area contributed by atoms with Gasteiger partial charge in [0.15, 0.2) is 0 Å². The van der Waals surface area contributed by atoms with Crippen molar-refractivity contribution in [2.75, 3.05) is 19.8 Å². The zero-order chi connectivity index (χ0) is 13.9. The van der Waals surface area contributed by atoms with E-state index in [4.69, 9.17) is 10.5 Å². The van der Waals surface area contributed by atoms with Crippen molar-refractivity contribution in [3.63, 3.8) is 0 Å². The molecule has 1 fully saturated rings. The molecule has 0 bridgehead atoms. The number of rotatable bonds is 3. The fraction of sp³-hybridized carbons (Fsp3) is 0.571. The molecule has 2 N–H and O–H groups in total. The molecule has 5 heteroatoms. The van der Waals surface area contributed by atoms with E-state index in [2.05, 4.69) is 0 Å². The highest BCUT2D eigenvalue weighted by atomic mass is 19.4. The molecule has 0 amide bonds. The Labute approximate surface area is 110 Å². The Kier molecular flexibility index (Phi) is 4.16. The van der Waals surface area contributed by atoms with Crippen LogP contribution in [0.4, 0.5) is 13.2 Å². The summed E-state index contributed by atoms with van der Waals surface area (Å²) in [4.78, 5) is 0. The average Bonchev–Trinajstić information content (AvgIpc) is 2.39. The van der Waals surface area contributed by atoms with Crippen LogP contribution in [0.15, 0.2) is 24.3 Å². The molecule has 2 rings (SSSR count). The molecule has 106 valence electrons. The van der Waals surface area contributed by atoms with Crippen LogP contribution in [-0.4, -0.2) is 19.8 Å². The van der Waals surface area contributed by atoms with Gasteiger partial charge >= 0.3 is 6.18 Å². The smallest absolute Gasteiger partial charge is 0.381 e. The SMILES string of the molecule is NCC1(Cc2ccccc2C(F)(F)F)CCOCC1. The number of halogens is 3. The number of alkyl halides is 3. The van der Waals surface area contributed by atoms with Crippen molar-refractivity contribution < 1.29 is 17.9 Å². The van der Waals surface area contributed by atoms with Crippen LogP contribution in [0, 0.1) is 5.41 Å². The first kappa shape index (κ1) is 14.3. The maximum absolute atomic E-state index is 13.0. The highest BCUT2D eigenvalue weighted by Gasteiger charge is 2.37. The zero-order valence-electron chi connectivity index (χ0n) is 10.7. The minimum atomic E-state index is -4.31. The van der Waals surface area contributed by atoms with E-state index in [0.29, 0.717) is 31.7 Å². The van der Waals surface area contributed by atoms with Crippen molar-refractivity contribution in [2.45, 2.75) is 25.4 Å². The van der Waals surface area contributed by atoms with Crippen molar-refractivity contribution >= 4 is 0 Å². The maximum atomic E-state index is 13.0. The van der Waals surface area contributed by atoms with Gasteiger partial charge in [-0.25, -0.2) is 0 Å². The molecule has 1 saturated heterocycles. The van der Waals surface area contributed by atoms with Crippen LogP contribution >= 0.6 is 0 Å². The second kappa shape index (κ2) is 5.51. The van der Waals surface area contributed by atoms with E-state index in [1.807, 2.05) is 0 Å². The van der Waals surface area contributed by atoms with Gasteiger partial charge in [-0.15, -0.1) is 0 Å². The molecule has 1 aliphatic heterocycles. The number of nitrogens with two attached hydrogens (primary N) is 1. The average molecular weight is 273 g/mol. The molecule has 19 heavy (non-hydrogen) atoms. The third-order valence-electron chi connectivity index (χ3n) is 3.87. The highest BCUT2D eigenvalue weighted by molar-refractivity contribution is 5.30. The van der Waals surface area contributed by atoms with Gasteiger partial charge < -0.3 is 10.5 Å². The van der Waals surface area contributed by atoms with Crippen LogP contribution in [0.1, 0.15) is 24.0 Å². The number of hydrogen-bond acceptors (Lipinski definition) is 2. The maximum Gasteiger partial charge on any atom is 0.416 e. The first-order valence-electron chi connectivity index (χ1n) is 6.40. The lowest BCUT2D eigenvalue weighted by molar-refractivity contribution is -0.138. The van der Waals surface area contributed by atoms with Gasteiger partial charge in [0.2, 0.25) is 0 Å². The lowest BCUT2D eigenvalue weighted by Gasteiger charge is -2.36. The van der Waals surface area contributed by atoms with E-state index in [9.17, 15) is 13.2 Å². The van der Waals surface area contributed by atoms with Gasteiger partial charge in [0.1, 0.15) is 0 Å². The summed E-state index contributed by atoms with van der Waals surface area (Å²) in [5.74, 6) is 0. The lowest BCUT2D eigenvalue weighted by atomic mass is 9.74. The quantitative estimate of drug-likeness (QED) is 0.918. The molecule has 1 aliphatic rings. The Bertz CT molecular complexity index is 425. The second-order valence-electron chi connectivity index (χ2n) is 5.15. The fourth-order valence-corrected chi connectivity index (χ4v) is 2.61. The van der Waals surface area contributed by atoms with E-state index in [1.54, 1.807) is 12.1 Å². The Balaban J connectivity index is 2.27. The number of benzene rings is 1. The molecule has 1 aromatic carbocycles. The summed E-state index contributed by atoms with van der Waals surface area (Å²) in [6, 6.07) is 5.76. The van der Waals surface area contributed by atoms with Crippen molar-refractivity contribution in [1.29, 1.82) is 0 Å². The van der Waals surface area contributed by atoms with Crippen LogP contribution in [0.3, 0.4) is 0 Å². The predicted octanol–water partition coefficient (Wildman–Crippen LogP) is 3.00. The summed E-state index contributed by atoms with van der Waals surface area (Å²) in [5, 5.41) is 0. The molecule has 0 saturated carbocycles. The van der Waals surface area contributed by atoms with Crippen LogP contribution in [-0.2, 0) is 17.3 Å². The van der Waals surface area contributed by atoms with Gasteiger partial charge in [-0.1, -0.05) is 18.2 Å². The second-order valence-corrected chi connectivity index (χ2v) is 5.15. The van der Waals surface area contributed by atoms with Gasteiger partial charge in [0.05, 0.1) is 5.56 Å². The molecule has 0 radical (unpaired) electrons. The van der Waals surface area contributed by atoms with Crippen LogP contribution < -0.4 is 5.73 Å². The van der Waals surface area contributed by atoms with Crippen molar-refractivity contribution in [3.8, 4) is 0 Å². The molecule has 1 aromatic rings. The summed E-state index contributed by atoms with van der Waals surface area (Å²) in [6.45, 7) is 1.54. The van der Waals surface area contributed by atoms with E-state index in [1.165, 1.54) is 6.07 Å². The Morgan fingerprint density at radius 2 is 1.79 bits per heavy atom. The molecule has 0 atom stereocenters. The van der Waals surface area contributed by atoms with E-state index in [0.717, 1.165) is 18.9 Å². The third kappa shape index (κ3) is 3.28. The molecule has 0 unspecified atom stereocenters. The summed E-state index contributed by atoms with van der Waals surface area (Å²) < 4.78 is 44.2. The van der Waals surface area contributed by atoms with Crippen LogP contribution in [0.25, 0.3) is 0 Å². The van der Waals surface area contributed by atoms with E-state index >= 15 is 0 Å². The van der Waals surface area contributed by atoms with Crippen LogP contribution in [0.2, 0.25) is 0 Å². The number of ether oxygens (including phenoxy) is 1. The van der Waals surface area contributed by atoms with Gasteiger partial charge in [-0.05, 0) is 42.9 Å². The minimum Gasteiger partial charge on any atom is -0.381 e. The van der Waals surface area contributed by atoms with Gasteiger partial charge in [-0.2, -0.15) is 13.2 Å². The molecule has 0 spiro atoms. The first-order chi connectivity index (χ1) is 8.97. The Morgan fingerprint density at radius 3 is 2.37 bits per heavy atom. The zero-order valence-corrected chi connectivity index (χ0v) is 10.7. The Morgan fingerprint density at radius 1 is 1.16 bits per heavy atom. The Hall–Kier alpha value is -1.07. The van der Waals surface area contributed by atoms with Crippen LogP contribution in [0.5, 0.6) is 0 Å². The topological polar surface area (TPSA) is 35.2 Å². The lowest BCUT2D eigenvalue weighted by Crippen LogP contribution is -2.38. The predicted molar refractivity (Wildman–Crippen MR) is 66.7 cm³/mol. The minimum absolute atomic E-state index is 0.264. The van der Waals surface area contributed by atoms with Crippen molar-refractivity contribution in [3.05, 3.63) is 35.4 Å². The molecule has 0 aromatic heterocycles. The van der Waals surface area contributed by atoms with E-state index < -0.39 is 11.7 Å². The highest BCUT2D eigenvalue weighted by Crippen LogP contribution is 2.38. The molecule has 1 heterocycles. The third-order valence-corrected chi connectivity index (χ3v) is 3.87. The standard InChI is InChI=1S/C14H18F3NO/c15-14(16,17)12-4-2-1-3-11(12)9-13(10-18)5-7-19-8-6-13/h1-4H,5-10,18H2. The molecular weight excluding hydrogens is 255 g/mol. The van der Waals surface area contributed by atoms with Gasteiger partial charge in [0, 0.05) is 13.2 Å². The molecule has 2 nitrogen and oxygen atoms in total. The van der Waals surface area contributed by atoms with Crippen molar-refractivity contribution in [2.24, 2.45) is 11.1 Å². The normalized spacial score (nSPS) is 19.4. The van der Waals surface area contributed by atoms with E-state index in [-0.39, 0.29) is 5.41 Å². The summed E-state index contributed by atoms with van der Waals surface area (Å²) in [7, 11) is 0.